The van der Waals surface area contributed by atoms with E-state index in [1.165, 1.54) is 54.7 Å². The smallest absolute Gasteiger partial charge is 0.413 e. The Balaban J connectivity index is 1.77. The van der Waals surface area contributed by atoms with Crippen LogP contribution in [0.1, 0.15) is 53.4 Å². The number of carbonyl (C=O) groups excluding carboxylic acids is 3. The molecule has 2 aromatic rings. The average molecular weight is 537 g/mol. The number of benzene rings is 1. The third kappa shape index (κ3) is 5.29. The number of hydrogen-bond acceptors (Lipinski definition) is 7. The first kappa shape index (κ1) is 26.5. The summed E-state index contributed by atoms with van der Waals surface area (Å²) in [5.74, 6) is -2.64. The predicted molar refractivity (Wildman–Crippen MR) is 132 cm³/mol. The van der Waals surface area contributed by atoms with Crippen LogP contribution in [0.15, 0.2) is 47.1 Å². The maximum Gasteiger partial charge on any atom is 0.413 e. The molecule has 8 nitrogen and oxygen atoms in total. The van der Waals surface area contributed by atoms with E-state index in [0.29, 0.717) is 12.8 Å². The summed E-state index contributed by atoms with van der Waals surface area (Å²) in [6, 6.07) is 4.30. The summed E-state index contributed by atoms with van der Waals surface area (Å²) >= 11 is 0.870. The summed E-state index contributed by atoms with van der Waals surface area (Å²) < 4.78 is 42.2. The molecule has 1 saturated carbocycles. The molecule has 4 rings (SSSR count). The molecule has 2 heterocycles. The Morgan fingerprint density at radius 1 is 1.08 bits per heavy atom. The molecule has 1 aliphatic carbocycles. The second kappa shape index (κ2) is 10.4. The number of imide groups is 1. The van der Waals surface area contributed by atoms with E-state index >= 15 is 0 Å². The Bertz CT molecular complexity index is 1220. The van der Waals surface area contributed by atoms with Crippen LogP contribution in [0, 0.1) is 0 Å². The van der Waals surface area contributed by atoms with Crippen molar-refractivity contribution < 1.29 is 32.7 Å². The Hall–Kier alpha value is -3.54. The molecule has 0 radical (unpaired) electrons. The molecule has 1 aromatic heterocycles. The first-order chi connectivity index (χ1) is 17.5. The first-order valence-electron chi connectivity index (χ1n) is 11.8. The number of para-hydroxylation sites is 1. The summed E-state index contributed by atoms with van der Waals surface area (Å²) in [6.07, 6.45) is -1.10. The molecule has 1 aromatic carbocycles. The van der Waals surface area contributed by atoms with Gasteiger partial charge in [0.2, 0.25) is 0 Å². The van der Waals surface area contributed by atoms with E-state index in [0.717, 1.165) is 35.5 Å². The van der Waals surface area contributed by atoms with Gasteiger partial charge in [-0.15, -0.1) is 11.3 Å². The van der Waals surface area contributed by atoms with Gasteiger partial charge in [-0.25, -0.2) is 0 Å². The SMILES string of the molecule is CN(C)C(=O)c1cccc(NC2=C(N[C@@H](c3cccs3)C(F)(F)F)C(=O)N(C3CCCCC3)C2=O)c1O. The lowest BCUT2D eigenvalue weighted by atomic mass is 9.94. The minimum absolute atomic E-state index is 0.0715. The molecule has 3 N–H and O–H groups in total. The number of amides is 3. The number of alkyl halides is 3. The van der Waals surface area contributed by atoms with Crippen LogP contribution in [0.25, 0.3) is 0 Å². The standard InChI is InChI=1S/C25H27F3N4O4S/c1-31(2)22(34)15-10-6-11-16(20(15)33)29-18-19(30-21(25(26,27)28)17-12-7-13-37-17)24(36)32(23(18)35)14-8-4-3-5-9-14/h6-7,10-14,21,29-30,33H,3-5,8-9H2,1-2H3/t21-/m0/s1. The van der Waals surface area contributed by atoms with E-state index in [2.05, 4.69) is 10.6 Å². The summed E-state index contributed by atoms with van der Waals surface area (Å²) in [6.45, 7) is 0. The van der Waals surface area contributed by atoms with Crippen molar-refractivity contribution in [3.05, 3.63) is 57.5 Å². The number of halogens is 3. The molecule has 198 valence electrons. The van der Waals surface area contributed by atoms with Gasteiger partial charge >= 0.3 is 6.18 Å². The number of phenols is 1. The molecule has 1 atom stereocenters. The van der Waals surface area contributed by atoms with Crippen LogP contribution in [0.5, 0.6) is 5.75 Å². The Kier molecular flexibility index (Phi) is 7.49. The molecule has 12 heteroatoms. The van der Waals surface area contributed by atoms with Gasteiger partial charge in [0, 0.05) is 25.0 Å². The molecule has 0 unspecified atom stereocenters. The van der Waals surface area contributed by atoms with Crippen molar-refractivity contribution in [2.24, 2.45) is 0 Å². The van der Waals surface area contributed by atoms with Gasteiger partial charge in [0.1, 0.15) is 11.4 Å². The van der Waals surface area contributed by atoms with Crippen LogP contribution in [0.2, 0.25) is 0 Å². The summed E-state index contributed by atoms with van der Waals surface area (Å²) in [5, 5.41) is 17.2. The number of carbonyl (C=O) groups is 3. The van der Waals surface area contributed by atoms with Crippen molar-refractivity contribution >= 4 is 34.7 Å². The fourth-order valence-electron chi connectivity index (χ4n) is 4.57. The highest BCUT2D eigenvalue weighted by molar-refractivity contribution is 7.10. The summed E-state index contributed by atoms with van der Waals surface area (Å²) in [4.78, 5) is 41.6. The van der Waals surface area contributed by atoms with Gasteiger partial charge in [-0.1, -0.05) is 31.4 Å². The largest absolute Gasteiger partial charge is 0.505 e. The third-order valence-corrected chi connectivity index (χ3v) is 7.37. The van der Waals surface area contributed by atoms with Crippen LogP contribution in [0.4, 0.5) is 18.9 Å². The molecule has 2 aliphatic rings. The lowest BCUT2D eigenvalue weighted by Gasteiger charge is -2.30. The van der Waals surface area contributed by atoms with Crippen LogP contribution in [0.3, 0.4) is 0 Å². The number of nitrogens with zero attached hydrogens (tertiary/aromatic N) is 2. The van der Waals surface area contributed by atoms with Crippen molar-refractivity contribution in [2.75, 3.05) is 19.4 Å². The number of nitrogens with one attached hydrogen (secondary N) is 2. The predicted octanol–water partition coefficient (Wildman–Crippen LogP) is 4.37. The Morgan fingerprint density at radius 2 is 1.76 bits per heavy atom. The Morgan fingerprint density at radius 3 is 2.35 bits per heavy atom. The summed E-state index contributed by atoms with van der Waals surface area (Å²) in [7, 11) is 2.99. The molecule has 0 bridgehead atoms. The average Bonchev–Trinajstić information content (AvgIpc) is 3.45. The highest BCUT2D eigenvalue weighted by atomic mass is 32.1. The minimum atomic E-state index is -4.76. The topological polar surface area (TPSA) is 102 Å². The van der Waals surface area contributed by atoms with Crippen molar-refractivity contribution in [2.45, 2.75) is 50.4 Å². The zero-order chi connectivity index (χ0) is 26.9. The number of thiophene rings is 1. The minimum Gasteiger partial charge on any atom is -0.505 e. The lowest BCUT2D eigenvalue weighted by Crippen LogP contribution is -2.44. The van der Waals surface area contributed by atoms with Crippen molar-refractivity contribution in [1.82, 2.24) is 15.1 Å². The van der Waals surface area contributed by atoms with E-state index in [1.54, 1.807) is 0 Å². The van der Waals surface area contributed by atoms with Gasteiger partial charge in [0.25, 0.3) is 17.7 Å². The molecule has 37 heavy (non-hydrogen) atoms. The van der Waals surface area contributed by atoms with Crippen molar-refractivity contribution in [3.63, 3.8) is 0 Å². The van der Waals surface area contributed by atoms with E-state index < -0.39 is 53.1 Å². The fourth-order valence-corrected chi connectivity index (χ4v) is 5.37. The highest BCUT2D eigenvalue weighted by Crippen LogP contribution is 2.39. The van der Waals surface area contributed by atoms with Gasteiger partial charge in [0.05, 0.1) is 11.3 Å². The molecular formula is C25H27F3N4O4S. The molecule has 0 spiro atoms. The zero-order valence-corrected chi connectivity index (χ0v) is 21.1. The zero-order valence-electron chi connectivity index (χ0n) is 20.3. The molecule has 1 aliphatic heterocycles. The van der Waals surface area contributed by atoms with Crippen LogP contribution in [-0.4, -0.2) is 58.9 Å². The van der Waals surface area contributed by atoms with Crippen molar-refractivity contribution in [3.8, 4) is 5.75 Å². The van der Waals surface area contributed by atoms with Crippen LogP contribution >= 0.6 is 11.3 Å². The van der Waals surface area contributed by atoms with E-state index in [9.17, 15) is 32.7 Å². The number of hydrogen-bond donors (Lipinski definition) is 3. The number of anilines is 1. The van der Waals surface area contributed by atoms with E-state index in [1.807, 2.05) is 0 Å². The van der Waals surface area contributed by atoms with Gasteiger partial charge in [0.15, 0.2) is 11.8 Å². The van der Waals surface area contributed by atoms with Gasteiger partial charge in [-0.05, 0) is 36.4 Å². The molecular weight excluding hydrogens is 509 g/mol. The maximum atomic E-state index is 14.1. The normalized spacial score (nSPS) is 17.8. The Labute approximate surface area is 215 Å². The second-order valence-electron chi connectivity index (χ2n) is 9.18. The van der Waals surface area contributed by atoms with Crippen LogP contribution in [-0.2, 0) is 9.59 Å². The summed E-state index contributed by atoms with van der Waals surface area (Å²) in [5.41, 5.74) is -1.10. The quantitative estimate of drug-likeness (QED) is 0.359. The molecule has 1 fully saturated rings. The van der Waals surface area contributed by atoms with Gasteiger partial charge in [-0.3, -0.25) is 19.3 Å². The monoisotopic (exact) mass is 536 g/mol. The van der Waals surface area contributed by atoms with Gasteiger partial charge < -0.3 is 20.6 Å². The third-order valence-electron chi connectivity index (χ3n) is 6.43. The maximum absolute atomic E-state index is 14.1. The fraction of sp³-hybridized carbons (Fsp3) is 0.400. The molecule has 0 saturated heterocycles. The highest BCUT2D eigenvalue weighted by Gasteiger charge is 2.48. The number of phenolic OH excluding ortho intramolecular Hbond substituents is 1. The van der Waals surface area contributed by atoms with Crippen molar-refractivity contribution in [1.29, 1.82) is 0 Å². The van der Waals surface area contributed by atoms with E-state index in [4.69, 9.17) is 0 Å². The number of aromatic hydroxyl groups is 1. The second-order valence-corrected chi connectivity index (χ2v) is 10.2. The first-order valence-corrected chi connectivity index (χ1v) is 12.7. The lowest BCUT2D eigenvalue weighted by molar-refractivity contribution is -0.155. The number of rotatable bonds is 7. The van der Waals surface area contributed by atoms with Gasteiger partial charge in [-0.2, -0.15) is 13.2 Å². The van der Waals surface area contributed by atoms with Crippen LogP contribution < -0.4 is 10.6 Å². The van der Waals surface area contributed by atoms with E-state index in [-0.39, 0.29) is 16.1 Å². The molecule has 3 amide bonds.